The van der Waals surface area contributed by atoms with Gasteiger partial charge in [0.15, 0.2) is 5.82 Å². The molecule has 2 atom stereocenters. The van der Waals surface area contributed by atoms with Gasteiger partial charge in [-0.1, -0.05) is 5.16 Å². The van der Waals surface area contributed by atoms with Crippen LogP contribution in [-0.4, -0.2) is 55.9 Å². The number of aliphatic hydroxyl groups excluding tert-OH is 1. The average molecular weight is 270 g/mol. The number of aliphatic carboxylic acids is 1. The van der Waals surface area contributed by atoms with Gasteiger partial charge in [0.25, 0.3) is 0 Å². The predicted molar refractivity (Wildman–Crippen MR) is 60.0 cm³/mol. The number of urea groups is 1. The molecule has 1 aliphatic heterocycles. The zero-order valence-corrected chi connectivity index (χ0v) is 10.2. The molecule has 1 aromatic heterocycles. The number of nitrogens with one attached hydrogen (secondary N) is 1. The first-order valence-electron chi connectivity index (χ1n) is 5.72. The number of carbonyl (C=O) groups excluding carboxylic acids is 1. The van der Waals surface area contributed by atoms with Crippen molar-refractivity contribution in [1.29, 1.82) is 0 Å². The number of hydrogen-bond acceptors (Lipinski definition) is 6. The van der Waals surface area contributed by atoms with E-state index >= 15 is 0 Å². The number of aliphatic hydroxyl groups is 1. The number of hydrogen-bond donors (Lipinski definition) is 3. The summed E-state index contributed by atoms with van der Waals surface area (Å²) in [5.74, 6) is -0.455. The molecule has 0 aromatic carbocycles. The number of aromatic nitrogens is 2. The number of likely N-dealkylation sites (tertiary alicyclic amines) is 1. The first-order chi connectivity index (χ1) is 8.97. The molecule has 0 bridgehead atoms. The number of aryl methyl sites for hydroxylation is 1. The molecule has 9 nitrogen and oxygen atoms in total. The normalized spacial score (nSPS) is 22.5. The lowest BCUT2D eigenvalue weighted by Gasteiger charge is -2.20. The van der Waals surface area contributed by atoms with E-state index in [1.54, 1.807) is 6.92 Å². The fraction of sp³-hybridized carbons (Fsp3) is 0.600. The molecule has 2 amide bonds. The van der Waals surface area contributed by atoms with Gasteiger partial charge in [0.1, 0.15) is 6.04 Å². The number of carboxylic acid groups (broad SMARTS) is 1. The molecule has 1 fully saturated rings. The van der Waals surface area contributed by atoms with Crippen molar-refractivity contribution in [2.45, 2.75) is 32.0 Å². The van der Waals surface area contributed by atoms with Crippen molar-refractivity contribution in [1.82, 2.24) is 20.4 Å². The summed E-state index contributed by atoms with van der Waals surface area (Å²) in [4.78, 5) is 27.8. The number of carboxylic acids is 1. The maximum Gasteiger partial charge on any atom is 0.326 e. The molecule has 3 N–H and O–H groups in total. The molecule has 2 rings (SSSR count). The predicted octanol–water partition coefficient (Wildman–Crippen LogP) is -0.893. The molecule has 1 aromatic rings. The summed E-state index contributed by atoms with van der Waals surface area (Å²) in [5.41, 5.74) is 0. The zero-order valence-electron chi connectivity index (χ0n) is 10.2. The van der Waals surface area contributed by atoms with Crippen molar-refractivity contribution < 1.29 is 24.3 Å². The highest BCUT2D eigenvalue weighted by molar-refractivity contribution is 5.83. The Hall–Kier alpha value is -2.16. The van der Waals surface area contributed by atoms with Gasteiger partial charge >= 0.3 is 12.0 Å². The third kappa shape index (κ3) is 2.99. The quantitative estimate of drug-likeness (QED) is 0.649. The topological polar surface area (TPSA) is 129 Å². The average Bonchev–Trinajstić information content (AvgIpc) is 2.92. The smallest absolute Gasteiger partial charge is 0.326 e. The SMILES string of the molecule is Cc1nc(CNC(=O)N2C[C@@H](O)C[C@H]2C(=O)O)no1. The Balaban J connectivity index is 1.93. The van der Waals surface area contributed by atoms with Crippen LogP contribution < -0.4 is 5.32 Å². The number of carbonyl (C=O) groups is 2. The number of amides is 2. The summed E-state index contributed by atoms with van der Waals surface area (Å²) in [7, 11) is 0. The molecule has 19 heavy (non-hydrogen) atoms. The fourth-order valence-electron chi connectivity index (χ4n) is 1.94. The lowest BCUT2D eigenvalue weighted by atomic mass is 10.2. The van der Waals surface area contributed by atoms with Gasteiger partial charge in [-0.25, -0.2) is 9.59 Å². The van der Waals surface area contributed by atoms with Gasteiger partial charge in [0.2, 0.25) is 5.89 Å². The lowest BCUT2D eigenvalue weighted by molar-refractivity contribution is -0.141. The van der Waals surface area contributed by atoms with Crippen molar-refractivity contribution in [3.8, 4) is 0 Å². The second-order valence-electron chi connectivity index (χ2n) is 4.28. The molecule has 0 aliphatic carbocycles. The molecular weight excluding hydrogens is 256 g/mol. The monoisotopic (exact) mass is 270 g/mol. The highest BCUT2D eigenvalue weighted by atomic mass is 16.5. The van der Waals surface area contributed by atoms with Crippen LogP contribution in [-0.2, 0) is 11.3 Å². The largest absolute Gasteiger partial charge is 0.480 e. The first-order valence-corrected chi connectivity index (χ1v) is 5.72. The van der Waals surface area contributed by atoms with Gasteiger partial charge in [0.05, 0.1) is 12.6 Å². The number of nitrogens with zero attached hydrogens (tertiary/aromatic N) is 3. The third-order valence-corrected chi connectivity index (χ3v) is 2.79. The lowest BCUT2D eigenvalue weighted by Crippen LogP contribution is -2.46. The van der Waals surface area contributed by atoms with Crippen LogP contribution in [0.2, 0.25) is 0 Å². The minimum Gasteiger partial charge on any atom is -0.480 e. The minimum atomic E-state index is -1.14. The van der Waals surface area contributed by atoms with Crippen LogP contribution in [0.5, 0.6) is 0 Å². The Labute approximate surface area is 108 Å². The van der Waals surface area contributed by atoms with E-state index in [9.17, 15) is 14.7 Å². The first kappa shape index (κ1) is 13.3. The van der Waals surface area contributed by atoms with Crippen LogP contribution in [0.1, 0.15) is 18.1 Å². The summed E-state index contributed by atoms with van der Waals surface area (Å²) in [6.45, 7) is 1.65. The number of β-amino-alcohol motifs (C(OH)–C–C–N with tert-alkyl or cyclic N) is 1. The van der Waals surface area contributed by atoms with Crippen LogP contribution in [0.3, 0.4) is 0 Å². The van der Waals surface area contributed by atoms with Crippen molar-refractivity contribution in [3.05, 3.63) is 11.7 Å². The van der Waals surface area contributed by atoms with Gasteiger partial charge < -0.3 is 25.0 Å². The van der Waals surface area contributed by atoms with E-state index in [0.717, 1.165) is 4.90 Å². The van der Waals surface area contributed by atoms with Crippen molar-refractivity contribution in [2.24, 2.45) is 0 Å². The van der Waals surface area contributed by atoms with E-state index in [1.807, 2.05) is 0 Å². The van der Waals surface area contributed by atoms with Gasteiger partial charge in [-0.15, -0.1) is 0 Å². The highest BCUT2D eigenvalue weighted by Gasteiger charge is 2.38. The summed E-state index contributed by atoms with van der Waals surface area (Å²) >= 11 is 0. The van der Waals surface area contributed by atoms with E-state index in [0.29, 0.717) is 11.7 Å². The van der Waals surface area contributed by atoms with Gasteiger partial charge in [-0.05, 0) is 0 Å². The molecule has 0 saturated carbocycles. The Morgan fingerprint density at radius 1 is 1.58 bits per heavy atom. The molecule has 0 spiro atoms. The van der Waals surface area contributed by atoms with E-state index in [-0.39, 0.29) is 19.5 Å². The van der Waals surface area contributed by atoms with Crippen LogP contribution in [0.4, 0.5) is 4.79 Å². The molecule has 0 unspecified atom stereocenters. The van der Waals surface area contributed by atoms with Crippen molar-refractivity contribution >= 4 is 12.0 Å². The highest BCUT2D eigenvalue weighted by Crippen LogP contribution is 2.18. The second-order valence-corrected chi connectivity index (χ2v) is 4.28. The van der Waals surface area contributed by atoms with Gasteiger partial charge in [-0.3, -0.25) is 0 Å². The van der Waals surface area contributed by atoms with E-state index in [2.05, 4.69) is 15.5 Å². The van der Waals surface area contributed by atoms with E-state index in [1.165, 1.54) is 0 Å². The zero-order chi connectivity index (χ0) is 14.0. The van der Waals surface area contributed by atoms with Gasteiger partial charge in [0, 0.05) is 19.9 Å². The van der Waals surface area contributed by atoms with Crippen LogP contribution >= 0.6 is 0 Å². The Morgan fingerprint density at radius 3 is 2.89 bits per heavy atom. The van der Waals surface area contributed by atoms with Crippen LogP contribution in [0.25, 0.3) is 0 Å². The van der Waals surface area contributed by atoms with Crippen molar-refractivity contribution in [2.75, 3.05) is 6.54 Å². The molecule has 1 aliphatic rings. The maximum atomic E-state index is 11.8. The van der Waals surface area contributed by atoms with E-state index in [4.69, 9.17) is 9.63 Å². The molecule has 0 radical (unpaired) electrons. The Bertz CT molecular complexity index is 488. The second kappa shape index (κ2) is 5.22. The summed E-state index contributed by atoms with van der Waals surface area (Å²) in [6.07, 6.45) is -0.788. The van der Waals surface area contributed by atoms with E-state index < -0.39 is 24.1 Å². The summed E-state index contributed by atoms with van der Waals surface area (Å²) < 4.78 is 4.74. The Kier molecular flexibility index (Phi) is 3.65. The molecule has 9 heteroatoms. The number of rotatable bonds is 3. The fourth-order valence-corrected chi connectivity index (χ4v) is 1.94. The van der Waals surface area contributed by atoms with Crippen LogP contribution in [0.15, 0.2) is 4.52 Å². The molecule has 2 heterocycles. The Morgan fingerprint density at radius 2 is 2.32 bits per heavy atom. The molecule has 1 saturated heterocycles. The van der Waals surface area contributed by atoms with Crippen LogP contribution in [0, 0.1) is 6.92 Å². The van der Waals surface area contributed by atoms with Gasteiger partial charge in [-0.2, -0.15) is 4.98 Å². The van der Waals surface area contributed by atoms with Crippen molar-refractivity contribution in [3.63, 3.8) is 0 Å². The summed E-state index contributed by atoms with van der Waals surface area (Å²) in [6, 6.07) is -1.59. The molecular formula is C10H14N4O5. The standard InChI is InChI=1S/C10H14N4O5/c1-5-12-8(13-19-5)3-11-10(18)14-4-6(15)2-7(14)9(16)17/h6-7,15H,2-4H2,1H3,(H,11,18)(H,16,17)/t6-,7-/m0/s1. The summed E-state index contributed by atoms with van der Waals surface area (Å²) in [5, 5.41) is 24.5. The molecule has 104 valence electrons. The minimum absolute atomic E-state index is 0.00588. The third-order valence-electron chi connectivity index (χ3n) is 2.79. The maximum absolute atomic E-state index is 11.8.